The molecule has 0 saturated carbocycles. The highest BCUT2D eigenvalue weighted by Crippen LogP contribution is 2.29. The first-order chi connectivity index (χ1) is 11.3. The highest BCUT2D eigenvalue weighted by molar-refractivity contribution is 5.60. The van der Waals surface area contributed by atoms with E-state index in [0.717, 1.165) is 42.4 Å². The smallest absolute Gasteiger partial charge is 0.142 e. The summed E-state index contributed by atoms with van der Waals surface area (Å²) in [6.45, 7) is 10.6. The number of benzene rings is 1. The summed E-state index contributed by atoms with van der Waals surface area (Å²) in [5.41, 5.74) is 2.20. The van der Waals surface area contributed by atoms with Gasteiger partial charge >= 0.3 is 0 Å². The summed E-state index contributed by atoms with van der Waals surface area (Å²) >= 11 is 0. The van der Waals surface area contributed by atoms with E-state index in [2.05, 4.69) is 41.6 Å². The van der Waals surface area contributed by atoms with Crippen LogP contribution in [-0.2, 0) is 13.1 Å². The van der Waals surface area contributed by atoms with Crippen LogP contribution in [-0.4, -0.2) is 20.2 Å². The number of methoxy groups -OCH3 is 1. The second-order valence-electron chi connectivity index (χ2n) is 5.17. The van der Waals surface area contributed by atoms with Crippen molar-refractivity contribution in [3.8, 4) is 5.75 Å². The maximum atomic E-state index is 5.56. The number of rotatable bonds is 10. The summed E-state index contributed by atoms with van der Waals surface area (Å²) in [5.74, 6) is 1.78. The molecule has 0 radical (unpaired) electrons. The number of anilines is 1. The van der Waals surface area contributed by atoms with Gasteiger partial charge in [0, 0.05) is 19.6 Å². The average Bonchev–Trinajstić information content (AvgIpc) is 3.08. The van der Waals surface area contributed by atoms with Crippen LogP contribution in [0.2, 0.25) is 0 Å². The van der Waals surface area contributed by atoms with Gasteiger partial charge in [-0.15, -0.1) is 13.2 Å². The van der Waals surface area contributed by atoms with Crippen molar-refractivity contribution in [2.24, 2.45) is 0 Å². The number of hydrogen-bond donors (Lipinski definition) is 1. The molecule has 0 spiro atoms. The molecule has 0 aliphatic carbocycles. The highest BCUT2D eigenvalue weighted by atomic mass is 16.5. The minimum absolute atomic E-state index is 0.704. The second-order valence-corrected chi connectivity index (χ2v) is 5.17. The summed E-state index contributed by atoms with van der Waals surface area (Å²) in [7, 11) is 1.69. The molecule has 1 heterocycles. The van der Waals surface area contributed by atoms with Crippen LogP contribution in [0.25, 0.3) is 0 Å². The van der Waals surface area contributed by atoms with Crippen LogP contribution in [0.15, 0.2) is 66.3 Å². The Kier molecular flexibility index (Phi) is 6.51. The third-order valence-electron chi connectivity index (χ3n) is 3.49. The molecule has 0 aliphatic rings. The number of hydrogen-bond acceptors (Lipinski definition) is 4. The Morgan fingerprint density at radius 2 is 1.96 bits per heavy atom. The Bertz CT molecular complexity index is 610. The summed E-state index contributed by atoms with van der Waals surface area (Å²) < 4.78 is 10.9. The van der Waals surface area contributed by atoms with Crippen LogP contribution in [0.3, 0.4) is 0 Å². The topological polar surface area (TPSA) is 37.6 Å². The fourth-order valence-corrected chi connectivity index (χ4v) is 2.42. The minimum Gasteiger partial charge on any atom is -0.495 e. The van der Waals surface area contributed by atoms with E-state index in [1.54, 1.807) is 13.4 Å². The van der Waals surface area contributed by atoms with E-state index in [-0.39, 0.29) is 0 Å². The molecule has 4 heteroatoms. The van der Waals surface area contributed by atoms with Crippen LogP contribution in [0.5, 0.6) is 5.75 Å². The molecule has 1 N–H and O–H groups in total. The zero-order valence-corrected chi connectivity index (χ0v) is 13.6. The van der Waals surface area contributed by atoms with E-state index in [0.29, 0.717) is 6.54 Å². The quantitative estimate of drug-likeness (QED) is 0.678. The Morgan fingerprint density at radius 1 is 1.17 bits per heavy atom. The Hall–Kier alpha value is -2.46. The summed E-state index contributed by atoms with van der Waals surface area (Å²) in [4.78, 5) is 2.17. The minimum atomic E-state index is 0.704. The molecule has 0 amide bonds. The van der Waals surface area contributed by atoms with Crippen molar-refractivity contribution >= 4 is 5.69 Å². The lowest BCUT2D eigenvalue weighted by Crippen LogP contribution is -2.23. The standard InChI is InChI=1S/C19H24N2O2/c1-4-10-21(11-5-2)18-9-8-16(13-19(18)22-3)14-20-15-17-7-6-12-23-17/h4-9,12-13,20H,1-2,10-11,14-15H2,3H3. The first kappa shape index (κ1) is 16.9. The summed E-state index contributed by atoms with van der Waals surface area (Å²) in [5, 5.41) is 3.36. The maximum Gasteiger partial charge on any atom is 0.142 e. The van der Waals surface area contributed by atoms with Crippen LogP contribution in [0.1, 0.15) is 11.3 Å². The van der Waals surface area contributed by atoms with Crippen molar-refractivity contribution in [3.63, 3.8) is 0 Å². The molecule has 0 saturated heterocycles. The molecular weight excluding hydrogens is 288 g/mol. The van der Waals surface area contributed by atoms with Gasteiger partial charge in [0.2, 0.25) is 0 Å². The monoisotopic (exact) mass is 312 g/mol. The van der Waals surface area contributed by atoms with Gasteiger partial charge in [-0.05, 0) is 29.8 Å². The van der Waals surface area contributed by atoms with Gasteiger partial charge in [0.05, 0.1) is 25.6 Å². The molecule has 0 atom stereocenters. The second kappa shape index (κ2) is 8.86. The van der Waals surface area contributed by atoms with E-state index >= 15 is 0 Å². The van der Waals surface area contributed by atoms with E-state index in [1.807, 2.05) is 24.3 Å². The van der Waals surface area contributed by atoms with Crippen molar-refractivity contribution in [3.05, 3.63) is 73.2 Å². The van der Waals surface area contributed by atoms with Crippen LogP contribution in [0.4, 0.5) is 5.69 Å². The molecular formula is C19H24N2O2. The molecule has 2 aromatic rings. The van der Waals surface area contributed by atoms with Crippen LogP contribution < -0.4 is 15.0 Å². The molecule has 122 valence electrons. The highest BCUT2D eigenvalue weighted by Gasteiger charge is 2.10. The average molecular weight is 312 g/mol. The summed E-state index contributed by atoms with van der Waals surface area (Å²) in [6, 6.07) is 10.1. The predicted molar refractivity (Wildman–Crippen MR) is 94.9 cm³/mol. The third kappa shape index (κ3) is 4.76. The van der Waals surface area contributed by atoms with Crippen molar-refractivity contribution in [1.29, 1.82) is 0 Å². The Morgan fingerprint density at radius 3 is 2.57 bits per heavy atom. The third-order valence-corrected chi connectivity index (χ3v) is 3.49. The first-order valence-corrected chi connectivity index (χ1v) is 7.65. The van der Waals surface area contributed by atoms with Gasteiger partial charge in [-0.1, -0.05) is 18.2 Å². The molecule has 23 heavy (non-hydrogen) atoms. The molecule has 1 aromatic heterocycles. The van der Waals surface area contributed by atoms with E-state index in [4.69, 9.17) is 9.15 Å². The van der Waals surface area contributed by atoms with E-state index in [1.165, 1.54) is 0 Å². The molecule has 2 rings (SSSR count). The largest absolute Gasteiger partial charge is 0.495 e. The van der Waals surface area contributed by atoms with Gasteiger partial charge in [-0.2, -0.15) is 0 Å². The van der Waals surface area contributed by atoms with E-state index < -0.39 is 0 Å². The van der Waals surface area contributed by atoms with Crippen LogP contribution >= 0.6 is 0 Å². The normalized spacial score (nSPS) is 10.3. The molecule has 0 aliphatic heterocycles. The number of furan rings is 1. The van der Waals surface area contributed by atoms with Crippen molar-refractivity contribution in [2.45, 2.75) is 13.1 Å². The van der Waals surface area contributed by atoms with Gasteiger partial charge in [0.15, 0.2) is 0 Å². The number of nitrogens with zero attached hydrogens (tertiary/aromatic N) is 1. The number of nitrogens with one attached hydrogen (secondary N) is 1. The van der Waals surface area contributed by atoms with E-state index in [9.17, 15) is 0 Å². The lowest BCUT2D eigenvalue weighted by molar-refractivity contribution is 0.414. The Balaban J connectivity index is 2.05. The van der Waals surface area contributed by atoms with Gasteiger partial charge in [-0.3, -0.25) is 0 Å². The molecule has 1 aromatic carbocycles. The first-order valence-electron chi connectivity index (χ1n) is 7.65. The Labute approximate surface area is 138 Å². The summed E-state index contributed by atoms with van der Waals surface area (Å²) in [6.07, 6.45) is 5.44. The molecule has 0 unspecified atom stereocenters. The molecule has 0 bridgehead atoms. The van der Waals surface area contributed by atoms with Crippen molar-refractivity contribution in [1.82, 2.24) is 5.32 Å². The van der Waals surface area contributed by atoms with Gasteiger partial charge in [0.1, 0.15) is 11.5 Å². The zero-order valence-electron chi connectivity index (χ0n) is 13.6. The zero-order chi connectivity index (χ0) is 16.5. The van der Waals surface area contributed by atoms with Crippen molar-refractivity contribution in [2.75, 3.05) is 25.1 Å². The number of ether oxygens (including phenoxy) is 1. The predicted octanol–water partition coefficient (Wildman–Crippen LogP) is 3.76. The van der Waals surface area contributed by atoms with Crippen molar-refractivity contribution < 1.29 is 9.15 Å². The lowest BCUT2D eigenvalue weighted by atomic mass is 10.1. The molecule has 0 fully saturated rings. The van der Waals surface area contributed by atoms with Gasteiger partial charge in [0.25, 0.3) is 0 Å². The fourth-order valence-electron chi connectivity index (χ4n) is 2.42. The van der Waals surface area contributed by atoms with Gasteiger partial charge < -0.3 is 19.4 Å². The lowest BCUT2D eigenvalue weighted by Gasteiger charge is -2.24. The van der Waals surface area contributed by atoms with Crippen LogP contribution in [0, 0.1) is 0 Å². The molecule has 4 nitrogen and oxygen atoms in total. The maximum absolute atomic E-state index is 5.56. The fraction of sp³-hybridized carbons (Fsp3) is 0.263. The van der Waals surface area contributed by atoms with Gasteiger partial charge in [-0.25, -0.2) is 0 Å². The SMILES string of the molecule is C=CCN(CC=C)c1ccc(CNCc2ccco2)cc1OC.